The molecule has 4 rings (SSSR count). The van der Waals surface area contributed by atoms with Gasteiger partial charge in [0.05, 0.1) is 11.8 Å². The molecule has 142 valence electrons. The fourth-order valence-corrected chi connectivity index (χ4v) is 3.91. The van der Waals surface area contributed by atoms with Gasteiger partial charge in [0.25, 0.3) is 11.5 Å². The van der Waals surface area contributed by atoms with E-state index in [9.17, 15) is 18.4 Å². The first-order chi connectivity index (χ1) is 13.0. The van der Waals surface area contributed by atoms with Gasteiger partial charge in [-0.25, -0.2) is 9.50 Å². The highest BCUT2D eigenvalue weighted by Gasteiger charge is 2.27. The molecule has 1 fully saturated rings. The van der Waals surface area contributed by atoms with Crippen molar-refractivity contribution < 1.29 is 18.0 Å². The number of aromatic nitrogens is 3. The van der Waals surface area contributed by atoms with Crippen LogP contribution in [0.3, 0.4) is 0 Å². The molecule has 0 spiro atoms. The standard InChI is InChI=1S/C17H18N4O5S/c22-16(20-27(24)25)11-9-13-18-15(12-7-4-8-26-12)14(17(23)21(13)19-11)10-5-2-1-3-6-10/h4,7-10,19H,1-3,5-6H2,(H,20,22)(H,24,25)/p-1. The van der Waals surface area contributed by atoms with Crippen molar-refractivity contribution in [2.75, 3.05) is 0 Å². The summed E-state index contributed by atoms with van der Waals surface area (Å²) in [5.74, 6) is -0.319. The van der Waals surface area contributed by atoms with Crippen molar-refractivity contribution in [1.29, 1.82) is 0 Å². The third-order valence-electron chi connectivity index (χ3n) is 4.84. The second-order valence-electron chi connectivity index (χ2n) is 6.52. The lowest BCUT2D eigenvalue weighted by Gasteiger charge is -2.22. The summed E-state index contributed by atoms with van der Waals surface area (Å²) in [4.78, 5) is 29.7. The van der Waals surface area contributed by atoms with Crippen LogP contribution in [-0.4, -0.2) is 29.3 Å². The summed E-state index contributed by atoms with van der Waals surface area (Å²) in [6.07, 6.45) is 6.52. The van der Waals surface area contributed by atoms with Crippen LogP contribution in [-0.2, 0) is 11.3 Å². The molecule has 3 heterocycles. The first-order valence-electron chi connectivity index (χ1n) is 8.64. The average molecular weight is 389 g/mol. The van der Waals surface area contributed by atoms with Crippen LogP contribution in [0.25, 0.3) is 17.1 Å². The number of nitrogens with one attached hydrogen (secondary N) is 2. The Morgan fingerprint density at radius 2 is 2.15 bits per heavy atom. The van der Waals surface area contributed by atoms with Crippen molar-refractivity contribution in [1.82, 2.24) is 19.3 Å². The van der Waals surface area contributed by atoms with Crippen LogP contribution < -0.4 is 10.3 Å². The molecule has 27 heavy (non-hydrogen) atoms. The summed E-state index contributed by atoms with van der Waals surface area (Å²) >= 11 is -2.75. The molecule has 1 unspecified atom stereocenters. The van der Waals surface area contributed by atoms with E-state index in [2.05, 4.69) is 10.1 Å². The number of rotatable bonds is 4. The summed E-state index contributed by atoms with van der Waals surface area (Å²) in [5.41, 5.74) is 0.863. The number of carbonyl (C=O) groups excluding carboxylic acids is 1. The van der Waals surface area contributed by atoms with Crippen LogP contribution in [0.1, 0.15) is 54.1 Å². The minimum atomic E-state index is -2.75. The van der Waals surface area contributed by atoms with Gasteiger partial charge in [0.2, 0.25) is 0 Å². The Labute approximate surface area is 156 Å². The van der Waals surface area contributed by atoms with E-state index in [1.807, 2.05) is 0 Å². The van der Waals surface area contributed by atoms with Crippen molar-refractivity contribution in [3.05, 3.63) is 46.1 Å². The van der Waals surface area contributed by atoms with E-state index in [4.69, 9.17) is 4.42 Å². The Hall–Kier alpha value is -2.72. The number of aromatic amines is 1. The zero-order chi connectivity index (χ0) is 19.0. The van der Waals surface area contributed by atoms with Crippen molar-refractivity contribution in [2.24, 2.45) is 0 Å². The van der Waals surface area contributed by atoms with Crippen LogP contribution in [0.5, 0.6) is 0 Å². The minimum Gasteiger partial charge on any atom is -0.755 e. The summed E-state index contributed by atoms with van der Waals surface area (Å²) in [6, 6.07) is 4.80. The molecule has 2 N–H and O–H groups in total. The first kappa shape index (κ1) is 17.7. The number of hydrogen-bond donors (Lipinski definition) is 2. The smallest absolute Gasteiger partial charge is 0.280 e. The van der Waals surface area contributed by atoms with Gasteiger partial charge in [-0.1, -0.05) is 19.3 Å². The highest BCUT2D eigenvalue weighted by atomic mass is 32.2. The molecule has 9 nitrogen and oxygen atoms in total. The fraction of sp³-hybridized carbons (Fsp3) is 0.353. The van der Waals surface area contributed by atoms with Crippen LogP contribution in [0, 0.1) is 0 Å². The molecule has 1 atom stereocenters. The Morgan fingerprint density at radius 3 is 2.81 bits per heavy atom. The van der Waals surface area contributed by atoms with Gasteiger partial charge < -0.3 is 8.97 Å². The predicted molar refractivity (Wildman–Crippen MR) is 95.7 cm³/mol. The van der Waals surface area contributed by atoms with E-state index >= 15 is 0 Å². The molecule has 0 aromatic carbocycles. The van der Waals surface area contributed by atoms with E-state index in [0.717, 1.165) is 32.1 Å². The highest BCUT2D eigenvalue weighted by molar-refractivity contribution is 7.77. The predicted octanol–water partition coefficient (Wildman–Crippen LogP) is 1.85. The lowest BCUT2D eigenvalue weighted by Crippen LogP contribution is -2.27. The van der Waals surface area contributed by atoms with E-state index in [0.29, 0.717) is 17.0 Å². The summed E-state index contributed by atoms with van der Waals surface area (Å²) in [5, 5.41) is 2.65. The van der Waals surface area contributed by atoms with Gasteiger partial charge in [0.15, 0.2) is 11.4 Å². The molecule has 1 aliphatic rings. The van der Waals surface area contributed by atoms with E-state index in [-0.39, 0.29) is 22.8 Å². The van der Waals surface area contributed by atoms with Gasteiger partial charge in [0, 0.05) is 17.3 Å². The third-order valence-corrected chi connectivity index (χ3v) is 5.19. The topological polar surface area (TPSA) is 133 Å². The summed E-state index contributed by atoms with van der Waals surface area (Å²) in [7, 11) is 0. The lowest BCUT2D eigenvalue weighted by molar-refractivity contribution is 0.0975. The quantitative estimate of drug-likeness (QED) is 0.655. The third kappa shape index (κ3) is 3.33. The molecule has 0 aliphatic heterocycles. The van der Waals surface area contributed by atoms with E-state index in [1.165, 1.54) is 16.8 Å². The molecular formula is C17H17N4O5S-. The largest absolute Gasteiger partial charge is 0.755 e. The molecule has 1 amide bonds. The zero-order valence-electron chi connectivity index (χ0n) is 14.3. The minimum absolute atomic E-state index is 0.0606. The lowest BCUT2D eigenvalue weighted by atomic mass is 9.83. The molecular weight excluding hydrogens is 372 g/mol. The summed E-state index contributed by atoms with van der Waals surface area (Å²) < 4.78 is 29.8. The maximum atomic E-state index is 13.2. The van der Waals surface area contributed by atoms with E-state index in [1.54, 1.807) is 16.9 Å². The van der Waals surface area contributed by atoms with Crippen LogP contribution >= 0.6 is 0 Å². The fourth-order valence-electron chi connectivity index (χ4n) is 3.64. The number of carbonyl (C=O) groups is 1. The molecule has 1 aliphatic carbocycles. The van der Waals surface area contributed by atoms with Crippen LogP contribution in [0.2, 0.25) is 0 Å². The SMILES string of the molecule is O=C(NS(=O)[O-])c1cc2nc(-c3ccco3)c(C3CCCCC3)c(=O)n2[nH]1. The van der Waals surface area contributed by atoms with Gasteiger partial charge in [-0.05, 0) is 30.9 Å². The second kappa shape index (κ2) is 7.12. The van der Waals surface area contributed by atoms with Crippen molar-refractivity contribution in [2.45, 2.75) is 38.0 Å². The van der Waals surface area contributed by atoms with Crippen molar-refractivity contribution in [3.63, 3.8) is 0 Å². The summed E-state index contributed by atoms with van der Waals surface area (Å²) in [6.45, 7) is 0. The zero-order valence-corrected chi connectivity index (χ0v) is 15.1. The van der Waals surface area contributed by atoms with Gasteiger partial charge in [-0.15, -0.1) is 0 Å². The Balaban J connectivity index is 1.89. The van der Waals surface area contributed by atoms with Gasteiger partial charge in [-0.3, -0.25) is 23.6 Å². The molecule has 3 aromatic rings. The first-order valence-corrected chi connectivity index (χ1v) is 9.72. The molecule has 0 bridgehead atoms. The number of H-pyrrole nitrogens is 1. The monoisotopic (exact) mass is 389 g/mol. The maximum absolute atomic E-state index is 13.2. The second-order valence-corrected chi connectivity index (χ2v) is 7.19. The number of nitrogens with zero attached hydrogens (tertiary/aromatic N) is 2. The Bertz CT molecular complexity index is 1060. The molecule has 0 saturated heterocycles. The average Bonchev–Trinajstić information content (AvgIpc) is 3.31. The van der Waals surface area contributed by atoms with Gasteiger partial charge in [-0.2, -0.15) is 0 Å². The van der Waals surface area contributed by atoms with Crippen LogP contribution in [0.4, 0.5) is 0 Å². The highest BCUT2D eigenvalue weighted by Crippen LogP contribution is 2.35. The van der Waals surface area contributed by atoms with Crippen LogP contribution in [0.15, 0.2) is 33.7 Å². The molecule has 0 radical (unpaired) electrons. The van der Waals surface area contributed by atoms with Crippen molar-refractivity contribution >= 4 is 22.8 Å². The molecule has 1 saturated carbocycles. The Morgan fingerprint density at radius 1 is 1.37 bits per heavy atom. The molecule has 3 aromatic heterocycles. The molecule has 10 heteroatoms. The number of amides is 1. The van der Waals surface area contributed by atoms with Gasteiger partial charge in [0.1, 0.15) is 11.4 Å². The van der Waals surface area contributed by atoms with Crippen molar-refractivity contribution in [3.8, 4) is 11.5 Å². The number of fused-ring (bicyclic) bond motifs is 1. The Kier molecular flexibility index (Phi) is 4.66. The normalized spacial score (nSPS) is 16.5. The number of hydrogen-bond acceptors (Lipinski definition) is 6. The maximum Gasteiger partial charge on any atom is 0.280 e. The van der Waals surface area contributed by atoms with E-state index < -0.39 is 17.2 Å². The van der Waals surface area contributed by atoms with Gasteiger partial charge >= 0.3 is 0 Å². The number of furan rings is 1.